The van der Waals surface area contributed by atoms with Crippen LogP contribution in [0, 0.1) is 6.92 Å². The largest absolute Gasteiger partial charge is 0.320 e. The molecular weight excluding hydrogens is 318 g/mol. The summed E-state index contributed by atoms with van der Waals surface area (Å²) in [6.45, 7) is 8.81. The van der Waals surface area contributed by atoms with E-state index in [9.17, 15) is 0 Å². The molecule has 0 fully saturated rings. The molecule has 1 aromatic heterocycles. The Labute approximate surface area is 128 Å². The van der Waals surface area contributed by atoms with Gasteiger partial charge in [0.15, 0.2) is 0 Å². The van der Waals surface area contributed by atoms with Crippen molar-refractivity contribution >= 4 is 27.3 Å². The third-order valence-electron chi connectivity index (χ3n) is 3.24. The van der Waals surface area contributed by atoms with Crippen LogP contribution in [0.4, 0.5) is 0 Å². The van der Waals surface area contributed by atoms with Gasteiger partial charge in [-0.25, -0.2) is 0 Å². The summed E-state index contributed by atoms with van der Waals surface area (Å²) in [6.07, 6.45) is 0. The van der Waals surface area contributed by atoms with Gasteiger partial charge in [0.2, 0.25) is 0 Å². The Morgan fingerprint density at radius 3 is 2.37 bits per heavy atom. The van der Waals surface area contributed by atoms with Crippen LogP contribution in [0.2, 0.25) is 0 Å². The van der Waals surface area contributed by atoms with Gasteiger partial charge in [-0.1, -0.05) is 42.8 Å². The maximum absolute atomic E-state index is 6.42. The molecule has 3 heteroatoms. The van der Waals surface area contributed by atoms with E-state index in [1.54, 1.807) is 0 Å². The number of hydrogen-bond donors (Lipinski definition) is 1. The van der Waals surface area contributed by atoms with E-state index in [1.807, 2.05) is 11.3 Å². The zero-order valence-electron chi connectivity index (χ0n) is 11.8. The van der Waals surface area contributed by atoms with Crippen LogP contribution in [0.15, 0.2) is 34.8 Å². The summed E-state index contributed by atoms with van der Waals surface area (Å²) in [5.74, 6) is 0. The molecule has 2 aromatic rings. The van der Waals surface area contributed by atoms with E-state index in [1.165, 1.54) is 20.9 Å². The van der Waals surface area contributed by atoms with Crippen molar-refractivity contribution in [2.75, 3.05) is 0 Å². The second kappa shape index (κ2) is 5.39. The van der Waals surface area contributed by atoms with Crippen LogP contribution in [0.5, 0.6) is 0 Å². The molecule has 1 heterocycles. The van der Waals surface area contributed by atoms with E-state index in [0.29, 0.717) is 0 Å². The number of nitrogens with two attached hydrogens (primary N) is 1. The SMILES string of the molecule is Cc1cc(Br)ccc1C(N)c1ccc(C(C)(C)C)s1. The Morgan fingerprint density at radius 1 is 1.16 bits per heavy atom. The lowest BCUT2D eigenvalue weighted by atomic mass is 9.95. The van der Waals surface area contributed by atoms with Crippen molar-refractivity contribution in [2.45, 2.75) is 39.2 Å². The molecule has 1 atom stereocenters. The highest BCUT2D eigenvalue weighted by Crippen LogP contribution is 2.34. The third kappa shape index (κ3) is 3.28. The van der Waals surface area contributed by atoms with Crippen molar-refractivity contribution in [3.05, 3.63) is 55.7 Å². The molecule has 0 amide bonds. The highest BCUT2D eigenvalue weighted by atomic mass is 79.9. The molecule has 0 bridgehead atoms. The predicted octanol–water partition coefficient (Wildman–Crippen LogP) is 5.16. The van der Waals surface area contributed by atoms with Gasteiger partial charge in [-0.05, 0) is 47.7 Å². The summed E-state index contributed by atoms with van der Waals surface area (Å²) in [7, 11) is 0. The van der Waals surface area contributed by atoms with Gasteiger partial charge in [0.1, 0.15) is 0 Å². The van der Waals surface area contributed by atoms with Crippen molar-refractivity contribution in [3.63, 3.8) is 0 Å². The zero-order chi connectivity index (χ0) is 14.2. The fraction of sp³-hybridized carbons (Fsp3) is 0.375. The number of rotatable bonds is 2. The average Bonchev–Trinajstić information content (AvgIpc) is 2.76. The Morgan fingerprint density at radius 2 is 1.84 bits per heavy atom. The van der Waals surface area contributed by atoms with Crippen molar-refractivity contribution in [3.8, 4) is 0 Å². The first-order valence-electron chi connectivity index (χ1n) is 6.41. The van der Waals surface area contributed by atoms with Crippen molar-refractivity contribution < 1.29 is 0 Å². The van der Waals surface area contributed by atoms with Gasteiger partial charge < -0.3 is 5.73 Å². The van der Waals surface area contributed by atoms with E-state index in [-0.39, 0.29) is 11.5 Å². The molecule has 1 nitrogen and oxygen atoms in total. The predicted molar refractivity (Wildman–Crippen MR) is 87.9 cm³/mol. The maximum atomic E-state index is 6.42. The van der Waals surface area contributed by atoms with Gasteiger partial charge in [-0.15, -0.1) is 11.3 Å². The first-order valence-corrected chi connectivity index (χ1v) is 8.02. The van der Waals surface area contributed by atoms with Gasteiger partial charge in [-0.2, -0.15) is 0 Å². The second-order valence-corrected chi connectivity index (χ2v) is 7.96. The second-order valence-electron chi connectivity index (χ2n) is 5.93. The highest BCUT2D eigenvalue weighted by Gasteiger charge is 2.19. The van der Waals surface area contributed by atoms with Gasteiger partial charge in [0.25, 0.3) is 0 Å². The molecule has 0 aliphatic carbocycles. The molecule has 2 N–H and O–H groups in total. The standard InChI is InChI=1S/C16H20BrNS/c1-10-9-11(17)5-6-12(10)15(18)13-7-8-14(19-13)16(2,3)4/h5-9,15H,18H2,1-4H3. The number of halogens is 1. The third-order valence-corrected chi connectivity index (χ3v) is 5.33. The summed E-state index contributed by atoms with van der Waals surface area (Å²) < 4.78 is 1.10. The summed E-state index contributed by atoms with van der Waals surface area (Å²) >= 11 is 5.31. The van der Waals surface area contributed by atoms with Gasteiger partial charge in [0.05, 0.1) is 6.04 Å². The monoisotopic (exact) mass is 337 g/mol. The Kier molecular flexibility index (Phi) is 4.19. The minimum Gasteiger partial charge on any atom is -0.320 e. The first-order chi connectivity index (χ1) is 8.79. The lowest BCUT2D eigenvalue weighted by molar-refractivity contribution is 0.604. The van der Waals surface area contributed by atoms with Crippen molar-refractivity contribution in [1.29, 1.82) is 0 Å². The minimum absolute atomic E-state index is 0.0331. The summed E-state index contributed by atoms with van der Waals surface area (Å²) in [5, 5.41) is 0. The van der Waals surface area contributed by atoms with Crippen LogP contribution >= 0.6 is 27.3 Å². The Balaban J connectivity index is 2.34. The van der Waals surface area contributed by atoms with Crippen LogP contribution in [-0.4, -0.2) is 0 Å². The molecule has 0 aliphatic rings. The Hall–Kier alpha value is -0.640. The number of thiophene rings is 1. The number of benzene rings is 1. The lowest BCUT2D eigenvalue weighted by Gasteiger charge is -2.16. The summed E-state index contributed by atoms with van der Waals surface area (Å²) in [4.78, 5) is 2.61. The van der Waals surface area contributed by atoms with Crippen LogP contribution < -0.4 is 5.73 Å². The molecule has 0 radical (unpaired) electrons. The van der Waals surface area contributed by atoms with Crippen LogP contribution in [0.25, 0.3) is 0 Å². The molecular formula is C16H20BrNS. The molecule has 1 unspecified atom stereocenters. The smallest absolute Gasteiger partial charge is 0.0648 e. The van der Waals surface area contributed by atoms with Gasteiger partial charge in [0, 0.05) is 14.2 Å². The van der Waals surface area contributed by atoms with E-state index in [0.717, 1.165) is 4.47 Å². The fourth-order valence-electron chi connectivity index (χ4n) is 2.06. The summed E-state index contributed by atoms with van der Waals surface area (Å²) in [6, 6.07) is 10.6. The first kappa shape index (κ1) is 14.8. The number of aryl methyl sites for hydroxylation is 1. The molecule has 0 saturated heterocycles. The van der Waals surface area contributed by atoms with Crippen LogP contribution in [0.3, 0.4) is 0 Å². The lowest BCUT2D eigenvalue weighted by Crippen LogP contribution is -2.12. The van der Waals surface area contributed by atoms with Crippen LogP contribution in [0.1, 0.15) is 47.7 Å². The minimum atomic E-state index is -0.0331. The Bertz CT molecular complexity index is 581. The topological polar surface area (TPSA) is 26.0 Å². The quantitative estimate of drug-likeness (QED) is 0.804. The highest BCUT2D eigenvalue weighted by molar-refractivity contribution is 9.10. The van der Waals surface area contributed by atoms with Crippen LogP contribution in [-0.2, 0) is 5.41 Å². The molecule has 0 spiro atoms. The van der Waals surface area contributed by atoms with E-state index in [4.69, 9.17) is 5.73 Å². The van der Waals surface area contributed by atoms with E-state index in [2.05, 4.69) is 74.0 Å². The molecule has 19 heavy (non-hydrogen) atoms. The molecule has 0 aliphatic heterocycles. The normalized spacial score (nSPS) is 13.6. The van der Waals surface area contributed by atoms with Crippen molar-refractivity contribution in [2.24, 2.45) is 5.73 Å². The number of hydrogen-bond acceptors (Lipinski definition) is 2. The molecule has 1 aromatic carbocycles. The zero-order valence-corrected chi connectivity index (χ0v) is 14.2. The average molecular weight is 338 g/mol. The molecule has 0 saturated carbocycles. The molecule has 2 rings (SSSR count). The fourth-order valence-corrected chi connectivity index (χ4v) is 3.63. The van der Waals surface area contributed by atoms with E-state index < -0.39 is 0 Å². The van der Waals surface area contributed by atoms with Gasteiger partial charge >= 0.3 is 0 Å². The summed E-state index contributed by atoms with van der Waals surface area (Å²) in [5.41, 5.74) is 9.04. The van der Waals surface area contributed by atoms with Gasteiger partial charge in [-0.3, -0.25) is 0 Å². The molecule has 102 valence electrons. The maximum Gasteiger partial charge on any atom is 0.0648 e. The van der Waals surface area contributed by atoms with E-state index >= 15 is 0 Å². The van der Waals surface area contributed by atoms with Crippen molar-refractivity contribution in [1.82, 2.24) is 0 Å².